The van der Waals surface area contributed by atoms with Crippen LogP contribution in [0.2, 0.25) is 0 Å². The molecule has 2 heterocycles. The molecule has 4 aromatic rings. The molecule has 0 saturated heterocycles. The van der Waals surface area contributed by atoms with Gasteiger partial charge in [-0.15, -0.1) is 0 Å². The standard InChI is InChI=1S/C20H13BrF4N4O/c21-13-4-1-3-12(9-13)16-11-27-18-17(26-7-8-29(16)18)28-14-5-2-6-15(10-14)30-20(24,25)19(22)23/h1-11,19H,(H,26,28). The second kappa shape index (κ2) is 7.94. The van der Waals surface area contributed by atoms with Gasteiger partial charge in [-0.1, -0.05) is 34.1 Å². The molecule has 0 unspecified atom stereocenters. The summed E-state index contributed by atoms with van der Waals surface area (Å²) in [6.45, 7) is 0. The second-order valence-corrected chi connectivity index (χ2v) is 7.16. The Balaban J connectivity index is 1.65. The van der Waals surface area contributed by atoms with Crippen LogP contribution >= 0.6 is 15.9 Å². The maximum absolute atomic E-state index is 13.2. The highest BCUT2D eigenvalue weighted by Gasteiger charge is 2.44. The summed E-state index contributed by atoms with van der Waals surface area (Å²) < 4.78 is 58.0. The Morgan fingerprint density at radius 3 is 2.63 bits per heavy atom. The molecule has 0 amide bonds. The number of benzene rings is 2. The fraction of sp³-hybridized carbons (Fsp3) is 0.100. The minimum Gasteiger partial charge on any atom is -0.428 e. The van der Waals surface area contributed by atoms with E-state index in [0.717, 1.165) is 21.8 Å². The van der Waals surface area contributed by atoms with Crippen molar-refractivity contribution in [1.82, 2.24) is 14.4 Å². The van der Waals surface area contributed by atoms with Crippen molar-refractivity contribution in [2.24, 2.45) is 0 Å². The molecule has 0 aliphatic rings. The van der Waals surface area contributed by atoms with Crippen LogP contribution in [-0.4, -0.2) is 26.9 Å². The van der Waals surface area contributed by atoms with E-state index in [9.17, 15) is 17.6 Å². The van der Waals surface area contributed by atoms with Gasteiger partial charge in [0, 0.05) is 34.2 Å². The highest BCUT2D eigenvalue weighted by Crippen LogP contribution is 2.31. The van der Waals surface area contributed by atoms with Gasteiger partial charge in [-0.3, -0.25) is 4.40 Å². The van der Waals surface area contributed by atoms with Gasteiger partial charge in [0.05, 0.1) is 11.9 Å². The molecule has 5 nitrogen and oxygen atoms in total. The zero-order valence-electron chi connectivity index (χ0n) is 15.1. The van der Waals surface area contributed by atoms with Crippen LogP contribution in [0, 0.1) is 0 Å². The highest BCUT2D eigenvalue weighted by atomic mass is 79.9. The molecule has 0 spiro atoms. The predicted octanol–water partition coefficient (Wildman–Crippen LogP) is 6.14. The van der Waals surface area contributed by atoms with Gasteiger partial charge in [0.1, 0.15) is 5.75 Å². The zero-order chi connectivity index (χ0) is 21.3. The van der Waals surface area contributed by atoms with Crippen molar-refractivity contribution < 1.29 is 22.3 Å². The number of ether oxygens (including phenoxy) is 1. The van der Waals surface area contributed by atoms with Gasteiger partial charge in [-0.2, -0.15) is 17.6 Å². The van der Waals surface area contributed by atoms with Crippen LogP contribution in [0.3, 0.4) is 0 Å². The first kappa shape index (κ1) is 20.1. The summed E-state index contributed by atoms with van der Waals surface area (Å²) in [5.74, 6) is -0.0491. The molecule has 0 bridgehead atoms. The number of hydrogen-bond acceptors (Lipinski definition) is 4. The Kier molecular flexibility index (Phi) is 5.33. The second-order valence-electron chi connectivity index (χ2n) is 6.24. The topological polar surface area (TPSA) is 51.5 Å². The minimum atomic E-state index is -4.58. The van der Waals surface area contributed by atoms with Gasteiger partial charge in [-0.05, 0) is 24.3 Å². The molecule has 10 heteroatoms. The maximum atomic E-state index is 13.2. The number of anilines is 2. The number of aromatic nitrogens is 3. The van der Waals surface area contributed by atoms with Crippen LogP contribution in [0.25, 0.3) is 16.9 Å². The van der Waals surface area contributed by atoms with E-state index in [0.29, 0.717) is 17.2 Å². The summed E-state index contributed by atoms with van der Waals surface area (Å²) in [4.78, 5) is 8.64. The van der Waals surface area contributed by atoms with E-state index < -0.39 is 18.3 Å². The molecule has 0 radical (unpaired) electrons. The van der Waals surface area contributed by atoms with Crippen LogP contribution < -0.4 is 10.1 Å². The summed E-state index contributed by atoms with van der Waals surface area (Å²) in [6.07, 6.45) is -3.53. The lowest BCUT2D eigenvalue weighted by atomic mass is 10.2. The third-order valence-corrected chi connectivity index (χ3v) is 4.65. The molecule has 4 rings (SSSR count). The summed E-state index contributed by atoms with van der Waals surface area (Å²) in [7, 11) is 0. The quantitative estimate of drug-likeness (QED) is 0.337. The first-order valence-corrected chi connectivity index (χ1v) is 9.43. The molecule has 0 saturated carbocycles. The van der Waals surface area contributed by atoms with Crippen LogP contribution in [0.5, 0.6) is 5.75 Å². The van der Waals surface area contributed by atoms with E-state index >= 15 is 0 Å². The lowest BCUT2D eigenvalue weighted by Gasteiger charge is -2.17. The number of nitrogens with zero attached hydrogens (tertiary/aromatic N) is 3. The maximum Gasteiger partial charge on any atom is 0.461 e. The molecule has 30 heavy (non-hydrogen) atoms. The number of hydrogen-bond donors (Lipinski definition) is 1. The van der Waals surface area contributed by atoms with Gasteiger partial charge >= 0.3 is 12.5 Å². The number of rotatable bonds is 6. The Bertz CT molecular complexity index is 1200. The van der Waals surface area contributed by atoms with E-state index in [1.54, 1.807) is 24.7 Å². The molecule has 0 atom stereocenters. The van der Waals surface area contributed by atoms with E-state index in [1.807, 2.05) is 28.7 Å². The summed E-state index contributed by atoms with van der Waals surface area (Å²) in [6, 6.07) is 13.0. The van der Waals surface area contributed by atoms with Gasteiger partial charge in [-0.25, -0.2) is 9.97 Å². The average molecular weight is 481 g/mol. The highest BCUT2D eigenvalue weighted by molar-refractivity contribution is 9.10. The lowest BCUT2D eigenvalue weighted by molar-refractivity contribution is -0.253. The van der Waals surface area contributed by atoms with E-state index in [-0.39, 0.29) is 0 Å². The normalized spacial score (nSPS) is 11.8. The molecular weight excluding hydrogens is 468 g/mol. The molecule has 0 aliphatic carbocycles. The van der Waals surface area contributed by atoms with E-state index in [4.69, 9.17) is 0 Å². The van der Waals surface area contributed by atoms with Crippen molar-refractivity contribution in [2.75, 3.05) is 5.32 Å². The number of halogens is 5. The Hall–Kier alpha value is -3.14. The van der Waals surface area contributed by atoms with Crippen molar-refractivity contribution in [3.05, 3.63) is 71.6 Å². The van der Waals surface area contributed by atoms with E-state index in [1.165, 1.54) is 12.1 Å². The number of imidazole rings is 1. The van der Waals surface area contributed by atoms with Crippen LogP contribution in [-0.2, 0) is 0 Å². The molecular formula is C20H13BrF4N4O. The van der Waals surface area contributed by atoms with Gasteiger partial charge in [0.2, 0.25) is 0 Å². The summed E-state index contributed by atoms with van der Waals surface area (Å²) in [5, 5.41) is 2.96. The SMILES string of the molecule is FC(F)C(F)(F)Oc1cccc(Nc2nccn3c(-c4cccc(Br)c4)cnc23)c1. The lowest BCUT2D eigenvalue weighted by Crippen LogP contribution is -2.33. The molecule has 0 aliphatic heterocycles. The minimum absolute atomic E-state index is 0.324. The molecule has 2 aromatic heterocycles. The fourth-order valence-electron chi connectivity index (χ4n) is 2.84. The van der Waals surface area contributed by atoms with Crippen molar-refractivity contribution in [3.8, 4) is 17.0 Å². The molecule has 2 aromatic carbocycles. The van der Waals surface area contributed by atoms with Crippen LogP contribution in [0.15, 0.2) is 71.6 Å². The third kappa shape index (κ3) is 4.09. The van der Waals surface area contributed by atoms with Crippen molar-refractivity contribution in [3.63, 3.8) is 0 Å². The van der Waals surface area contributed by atoms with E-state index in [2.05, 4.69) is 36.0 Å². The summed E-state index contributed by atoms with van der Waals surface area (Å²) in [5.41, 5.74) is 2.57. The first-order chi connectivity index (χ1) is 14.3. The molecule has 154 valence electrons. The fourth-order valence-corrected chi connectivity index (χ4v) is 3.24. The van der Waals surface area contributed by atoms with Gasteiger partial charge in [0.15, 0.2) is 11.5 Å². The molecule has 0 fully saturated rings. The largest absolute Gasteiger partial charge is 0.461 e. The molecule has 1 N–H and O–H groups in total. The average Bonchev–Trinajstić information content (AvgIpc) is 3.13. The Labute approximate surface area is 176 Å². The van der Waals surface area contributed by atoms with Crippen LogP contribution in [0.1, 0.15) is 0 Å². The number of fused-ring (bicyclic) bond motifs is 1. The van der Waals surface area contributed by atoms with Crippen molar-refractivity contribution >= 4 is 33.1 Å². The first-order valence-electron chi connectivity index (χ1n) is 8.63. The third-order valence-electron chi connectivity index (χ3n) is 4.15. The zero-order valence-corrected chi connectivity index (χ0v) is 16.7. The number of alkyl halides is 4. The van der Waals surface area contributed by atoms with Crippen LogP contribution in [0.4, 0.5) is 29.1 Å². The Morgan fingerprint density at radius 1 is 1.07 bits per heavy atom. The van der Waals surface area contributed by atoms with Crippen molar-refractivity contribution in [1.29, 1.82) is 0 Å². The summed E-state index contributed by atoms with van der Waals surface area (Å²) >= 11 is 3.44. The Morgan fingerprint density at radius 2 is 1.87 bits per heavy atom. The monoisotopic (exact) mass is 480 g/mol. The van der Waals surface area contributed by atoms with Gasteiger partial charge < -0.3 is 10.1 Å². The van der Waals surface area contributed by atoms with Crippen molar-refractivity contribution in [2.45, 2.75) is 12.5 Å². The predicted molar refractivity (Wildman–Crippen MR) is 107 cm³/mol. The smallest absolute Gasteiger partial charge is 0.428 e. The number of nitrogens with one attached hydrogen (secondary N) is 1. The van der Waals surface area contributed by atoms with Gasteiger partial charge in [0.25, 0.3) is 0 Å².